The van der Waals surface area contributed by atoms with Crippen molar-refractivity contribution in [1.82, 2.24) is 5.32 Å². The van der Waals surface area contributed by atoms with Crippen LogP contribution in [0.2, 0.25) is 0 Å². The third kappa shape index (κ3) is 4.25. The zero-order chi connectivity index (χ0) is 13.7. The summed E-state index contributed by atoms with van der Waals surface area (Å²) in [5.41, 5.74) is 3.69. The van der Waals surface area contributed by atoms with E-state index in [2.05, 4.69) is 37.4 Å². The van der Waals surface area contributed by atoms with Crippen LogP contribution in [0.1, 0.15) is 42.4 Å². The van der Waals surface area contributed by atoms with Gasteiger partial charge in [0.25, 0.3) is 0 Å². The molecule has 1 aromatic carbocycles. The molecule has 102 valence electrons. The van der Waals surface area contributed by atoms with Crippen molar-refractivity contribution in [2.45, 2.75) is 52.1 Å². The zero-order valence-electron chi connectivity index (χ0n) is 11.8. The van der Waals surface area contributed by atoms with Crippen LogP contribution in [0, 0.1) is 25.2 Å². The van der Waals surface area contributed by atoms with Crippen LogP contribution in [0.15, 0.2) is 12.1 Å². The average Bonchev–Trinajstić information content (AvgIpc) is 3.18. The first-order valence-electron chi connectivity index (χ1n) is 7.04. The summed E-state index contributed by atoms with van der Waals surface area (Å²) in [6.07, 6.45) is 3.98. The molecule has 1 N–H and O–H groups in total. The second kappa shape index (κ2) is 6.58. The molecule has 0 saturated heterocycles. The third-order valence-corrected chi connectivity index (χ3v) is 3.37. The Labute approximate surface area is 115 Å². The van der Waals surface area contributed by atoms with Gasteiger partial charge in [-0.05, 0) is 49.8 Å². The van der Waals surface area contributed by atoms with Gasteiger partial charge in [0.1, 0.15) is 5.75 Å². The van der Waals surface area contributed by atoms with Gasteiger partial charge in [0, 0.05) is 19.0 Å². The summed E-state index contributed by atoms with van der Waals surface area (Å²) in [6, 6.07) is 7.27. The van der Waals surface area contributed by atoms with E-state index < -0.39 is 0 Å². The van der Waals surface area contributed by atoms with Crippen LogP contribution in [-0.4, -0.2) is 12.6 Å². The molecule has 0 bridgehead atoms. The Bertz CT molecular complexity index is 449. The molecule has 1 aliphatic rings. The van der Waals surface area contributed by atoms with Crippen LogP contribution in [0.3, 0.4) is 0 Å². The molecule has 3 nitrogen and oxygen atoms in total. The summed E-state index contributed by atoms with van der Waals surface area (Å²) in [4.78, 5) is 0. The van der Waals surface area contributed by atoms with Crippen LogP contribution in [0.4, 0.5) is 0 Å². The van der Waals surface area contributed by atoms with Crippen LogP contribution >= 0.6 is 0 Å². The van der Waals surface area contributed by atoms with Gasteiger partial charge in [0.15, 0.2) is 0 Å². The van der Waals surface area contributed by atoms with E-state index in [1.807, 2.05) is 0 Å². The summed E-state index contributed by atoms with van der Waals surface area (Å²) in [6.45, 7) is 5.75. The van der Waals surface area contributed by atoms with E-state index in [9.17, 15) is 0 Å². The SMILES string of the molecule is Cc1cc(CNC2CC2)cc(C)c1OCCCC#N. The lowest BCUT2D eigenvalue weighted by molar-refractivity contribution is 0.308. The molecule has 3 heteroatoms. The van der Waals surface area contributed by atoms with Crippen molar-refractivity contribution < 1.29 is 4.74 Å². The van der Waals surface area contributed by atoms with Crippen LogP contribution in [0.5, 0.6) is 5.75 Å². The lowest BCUT2D eigenvalue weighted by Gasteiger charge is -2.14. The van der Waals surface area contributed by atoms with Crippen LogP contribution < -0.4 is 10.1 Å². The maximum atomic E-state index is 8.51. The molecule has 2 rings (SSSR count). The van der Waals surface area contributed by atoms with Crippen molar-refractivity contribution in [3.05, 3.63) is 28.8 Å². The molecule has 0 amide bonds. The van der Waals surface area contributed by atoms with Gasteiger partial charge in [-0.15, -0.1) is 0 Å². The second-order valence-corrected chi connectivity index (χ2v) is 5.32. The van der Waals surface area contributed by atoms with Gasteiger partial charge >= 0.3 is 0 Å². The molecule has 0 radical (unpaired) electrons. The van der Waals surface area contributed by atoms with E-state index in [-0.39, 0.29) is 0 Å². The predicted molar refractivity (Wildman–Crippen MR) is 76.1 cm³/mol. The van der Waals surface area contributed by atoms with E-state index in [4.69, 9.17) is 10.00 Å². The van der Waals surface area contributed by atoms with E-state index in [0.717, 1.165) is 24.8 Å². The zero-order valence-corrected chi connectivity index (χ0v) is 11.8. The van der Waals surface area contributed by atoms with Gasteiger partial charge in [-0.1, -0.05) is 12.1 Å². The number of nitrogens with zero attached hydrogens (tertiary/aromatic N) is 1. The second-order valence-electron chi connectivity index (χ2n) is 5.32. The molecule has 0 atom stereocenters. The summed E-state index contributed by atoms with van der Waals surface area (Å²) >= 11 is 0. The summed E-state index contributed by atoms with van der Waals surface area (Å²) in [5, 5.41) is 12.0. The molecule has 1 saturated carbocycles. The summed E-state index contributed by atoms with van der Waals surface area (Å²) < 4.78 is 5.79. The highest BCUT2D eigenvalue weighted by molar-refractivity contribution is 5.43. The van der Waals surface area contributed by atoms with Crippen molar-refractivity contribution >= 4 is 0 Å². The summed E-state index contributed by atoms with van der Waals surface area (Å²) in [7, 11) is 0. The maximum Gasteiger partial charge on any atom is 0.125 e. The number of hydrogen-bond acceptors (Lipinski definition) is 3. The fourth-order valence-corrected chi connectivity index (χ4v) is 2.24. The molecule has 0 heterocycles. The smallest absolute Gasteiger partial charge is 0.125 e. The Kier molecular flexibility index (Phi) is 4.81. The average molecular weight is 258 g/mol. The topological polar surface area (TPSA) is 45.0 Å². The molecule has 0 unspecified atom stereocenters. The molecule has 0 aliphatic heterocycles. The Morgan fingerprint density at radius 3 is 2.58 bits per heavy atom. The first-order chi connectivity index (χ1) is 9.20. The minimum absolute atomic E-state index is 0.557. The molecular weight excluding hydrogens is 236 g/mol. The van der Waals surface area contributed by atoms with Crippen LogP contribution in [0.25, 0.3) is 0 Å². The van der Waals surface area contributed by atoms with Gasteiger partial charge in [0.2, 0.25) is 0 Å². The molecule has 0 aromatic heterocycles. The Morgan fingerprint density at radius 1 is 1.32 bits per heavy atom. The van der Waals surface area contributed by atoms with Crippen molar-refractivity contribution in [3.63, 3.8) is 0 Å². The van der Waals surface area contributed by atoms with Gasteiger partial charge in [-0.3, -0.25) is 0 Å². The van der Waals surface area contributed by atoms with E-state index in [1.54, 1.807) is 0 Å². The van der Waals surface area contributed by atoms with Gasteiger partial charge in [-0.2, -0.15) is 5.26 Å². The van der Waals surface area contributed by atoms with Crippen molar-refractivity contribution in [1.29, 1.82) is 5.26 Å². The minimum atomic E-state index is 0.557. The summed E-state index contributed by atoms with van der Waals surface area (Å²) in [5.74, 6) is 0.980. The number of nitriles is 1. The predicted octanol–water partition coefficient (Wildman–Crippen LogP) is 3.24. The Morgan fingerprint density at radius 2 is 2.00 bits per heavy atom. The minimum Gasteiger partial charge on any atom is -0.493 e. The first kappa shape index (κ1) is 13.9. The molecule has 1 aliphatic carbocycles. The fraction of sp³-hybridized carbons (Fsp3) is 0.562. The lowest BCUT2D eigenvalue weighted by atomic mass is 10.1. The standard InChI is InChI=1S/C16H22N2O/c1-12-9-14(11-18-15-5-6-15)10-13(2)16(12)19-8-4-3-7-17/h9-10,15,18H,3-6,8,11H2,1-2H3. The van der Waals surface area contributed by atoms with Crippen LogP contribution in [-0.2, 0) is 6.54 Å². The highest BCUT2D eigenvalue weighted by Crippen LogP contribution is 2.26. The van der Waals surface area contributed by atoms with E-state index in [1.165, 1.54) is 29.5 Å². The number of ether oxygens (including phenoxy) is 1. The number of nitrogens with one attached hydrogen (secondary N) is 1. The van der Waals surface area contributed by atoms with Gasteiger partial charge in [0.05, 0.1) is 12.7 Å². The Balaban J connectivity index is 1.93. The van der Waals surface area contributed by atoms with Crippen molar-refractivity contribution in [2.75, 3.05) is 6.61 Å². The highest BCUT2D eigenvalue weighted by atomic mass is 16.5. The van der Waals surface area contributed by atoms with Crippen molar-refractivity contribution in [3.8, 4) is 11.8 Å². The highest BCUT2D eigenvalue weighted by Gasteiger charge is 2.20. The normalized spacial score (nSPS) is 14.2. The molecular formula is C16H22N2O. The number of benzene rings is 1. The lowest BCUT2D eigenvalue weighted by Crippen LogP contribution is -2.15. The number of rotatable bonds is 7. The number of aryl methyl sites for hydroxylation is 2. The molecule has 19 heavy (non-hydrogen) atoms. The monoisotopic (exact) mass is 258 g/mol. The van der Waals surface area contributed by atoms with Gasteiger partial charge < -0.3 is 10.1 Å². The third-order valence-electron chi connectivity index (χ3n) is 3.37. The molecule has 1 aromatic rings. The quantitative estimate of drug-likeness (QED) is 0.764. The first-order valence-corrected chi connectivity index (χ1v) is 7.04. The number of hydrogen-bond donors (Lipinski definition) is 1. The molecule has 0 spiro atoms. The fourth-order valence-electron chi connectivity index (χ4n) is 2.24. The van der Waals surface area contributed by atoms with E-state index >= 15 is 0 Å². The van der Waals surface area contributed by atoms with Crippen molar-refractivity contribution in [2.24, 2.45) is 0 Å². The Hall–Kier alpha value is -1.53. The number of unbranched alkanes of at least 4 members (excludes halogenated alkanes) is 1. The van der Waals surface area contributed by atoms with Gasteiger partial charge in [-0.25, -0.2) is 0 Å². The van der Waals surface area contributed by atoms with E-state index in [0.29, 0.717) is 13.0 Å². The molecule has 1 fully saturated rings. The largest absolute Gasteiger partial charge is 0.493 e. The maximum absolute atomic E-state index is 8.51.